The standard InChI is InChI=1S/C68H63N4O.Pt/c1-44-34-35-69-64(36-44)72-60-23-13-12-20-58(60)59-33-31-54(42-63(59)72)73-53-19-16-18-52(41-53)70-43-71(62-25-15-14-24-61(62)70)65-56(47-28-26-46(27-29-47)55-32-30-49(37-45(55)2)66(3,4)5)21-17-22-57(65)48-38-50(67(6,7)8)40-51(39-48)68(9,10)11;/h12-40,43H,1-11H3;/q-3;/i1D3,2D3,12D,13D,20D,23D;. The molecular weight excluding hydrogens is 1080 g/mol. The van der Waals surface area contributed by atoms with Crippen molar-refractivity contribution < 1.29 is 39.5 Å². The van der Waals surface area contributed by atoms with Crippen LogP contribution in [0.5, 0.6) is 11.5 Å². The first-order valence-electron chi connectivity index (χ1n) is 29.7. The van der Waals surface area contributed by atoms with Crippen LogP contribution in [0.1, 0.15) is 104 Å². The van der Waals surface area contributed by atoms with E-state index in [-0.39, 0.29) is 77.4 Å². The minimum absolute atomic E-state index is 0. The molecule has 0 fully saturated rings. The van der Waals surface area contributed by atoms with E-state index in [1.807, 2.05) is 54.6 Å². The maximum atomic E-state index is 9.01. The van der Waals surface area contributed by atoms with Gasteiger partial charge in [0.05, 0.1) is 5.48 Å². The van der Waals surface area contributed by atoms with E-state index in [0.717, 1.165) is 50.4 Å². The quantitative estimate of drug-likeness (QED) is 0.142. The minimum atomic E-state index is -2.47. The molecule has 1 aliphatic heterocycles. The Hall–Kier alpha value is -7.20. The maximum absolute atomic E-state index is 9.01. The van der Waals surface area contributed by atoms with Gasteiger partial charge in [0.25, 0.3) is 0 Å². The van der Waals surface area contributed by atoms with Crippen LogP contribution in [-0.4, -0.2) is 9.55 Å². The van der Waals surface area contributed by atoms with Crippen LogP contribution >= 0.6 is 0 Å². The van der Waals surface area contributed by atoms with E-state index in [1.54, 1.807) is 18.2 Å². The van der Waals surface area contributed by atoms with Gasteiger partial charge in [-0.25, -0.2) is 4.98 Å². The van der Waals surface area contributed by atoms with Gasteiger partial charge < -0.3 is 19.1 Å². The molecule has 0 N–H and O–H groups in total. The molecule has 74 heavy (non-hydrogen) atoms. The SMILES string of the molecule is [2H]c1c([2H])c([2H])c2c(c1[2H])c1ccc(Oc3[c-]c(N4[CH-]N(c5c(-c6ccc(-c7ccc(C(C)(C)C)cc7C([2H])([2H])[2H])cc6)cccc5-c5cc(C(C)(C)C)cc(C(C)(C)C)c5)c5ccccc54)ccc3)[c-]c1n2-c1cc(C([2H])([2H])[2H])ccn1.[Pt]. The first-order valence-corrected chi connectivity index (χ1v) is 24.7. The summed E-state index contributed by atoms with van der Waals surface area (Å²) in [5.41, 5.74) is 12.5. The van der Waals surface area contributed by atoms with Crippen molar-refractivity contribution in [3.05, 3.63) is 223 Å². The second-order valence-electron chi connectivity index (χ2n) is 22.0. The number of benzene rings is 8. The molecule has 0 atom stereocenters. The van der Waals surface area contributed by atoms with E-state index in [1.165, 1.54) is 34.0 Å². The Morgan fingerprint density at radius 1 is 0.554 bits per heavy atom. The zero-order valence-corrected chi connectivity index (χ0v) is 45.3. The van der Waals surface area contributed by atoms with E-state index < -0.39 is 25.8 Å². The summed E-state index contributed by atoms with van der Waals surface area (Å²) in [6.07, 6.45) is 1.37. The smallest absolute Gasteiger partial charge is 0.135 e. The number of fused-ring (bicyclic) bond motifs is 4. The summed E-state index contributed by atoms with van der Waals surface area (Å²) in [6, 6.07) is 52.8. The molecule has 0 bridgehead atoms. The van der Waals surface area contributed by atoms with Gasteiger partial charge in [-0.2, -0.15) is 12.1 Å². The second kappa shape index (κ2) is 19.3. The Balaban J connectivity index is 0.00000786. The summed E-state index contributed by atoms with van der Waals surface area (Å²) in [6.45, 7) is 17.0. The third-order valence-electron chi connectivity index (χ3n) is 13.8. The Kier molecular flexibility index (Phi) is 10.2. The van der Waals surface area contributed by atoms with Crippen LogP contribution in [0.25, 0.3) is 61.0 Å². The van der Waals surface area contributed by atoms with E-state index in [9.17, 15) is 0 Å². The van der Waals surface area contributed by atoms with Gasteiger partial charge in [0.2, 0.25) is 0 Å². The molecule has 0 amide bonds. The van der Waals surface area contributed by atoms with Crippen molar-refractivity contribution in [2.24, 2.45) is 0 Å². The summed E-state index contributed by atoms with van der Waals surface area (Å²) in [7, 11) is 0. The van der Waals surface area contributed by atoms with Crippen molar-refractivity contribution in [1.82, 2.24) is 9.55 Å². The Bertz CT molecular complexity index is 4170. The molecule has 11 rings (SSSR count). The second-order valence-corrected chi connectivity index (χ2v) is 22.0. The number of hydrogen-bond acceptors (Lipinski definition) is 4. The summed E-state index contributed by atoms with van der Waals surface area (Å²) >= 11 is 0. The molecule has 0 aliphatic carbocycles. The fourth-order valence-electron chi connectivity index (χ4n) is 9.70. The molecule has 0 saturated carbocycles. The van der Waals surface area contributed by atoms with Crippen LogP contribution in [0.2, 0.25) is 0 Å². The summed E-state index contributed by atoms with van der Waals surface area (Å²) in [4.78, 5) is 8.81. The Labute approximate surface area is 466 Å². The van der Waals surface area contributed by atoms with Crippen LogP contribution in [0.4, 0.5) is 22.7 Å². The molecule has 0 spiro atoms. The van der Waals surface area contributed by atoms with Crippen molar-refractivity contribution in [1.29, 1.82) is 0 Å². The predicted molar refractivity (Wildman–Crippen MR) is 306 cm³/mol. The third kappa shape index (κ3) is 9.48. The number of para-hydroxylation sites is 4. The van der Waals surface area contributed by atoms with Crippen LogP contribution in [-0.2, 0) is 37.3 Å². The molecule has 6 heteroatoms. The van der Waals surface area contributed by atoms with Crippen molar-refractivity contribution in [3.8, 4) is 50.7 Å². The monoisotopic (exact) mass is 1160 g/mol. The molecule has 8 aromatic carbocycles. The number of anilines is 4. The van der Waals surface area contributed by atoms with Crippen LogP contribution in [0, 0.1) is 32.5 Å². The summed E-state index contributed by atoms with van der Waals surface area (Å²) in [5, 5.41) is 0.687. The van der Waals surface area contributed by atoms with E-state index in [0.29, 0.717) is 33.5 Å². The summed E-state index contributed by atoms with van der Waals surface area (Å²) < 4.78 is 93.3. The van der Waals surface area contributed by atoms with Gasteiger partial charge >= 0.3 is 0 Å². The minimum Gasteiger partial charge on any atom is -0.509 e. The molecule has 0 radical (unpaired) electrons. The number of ether oxygens (including phenoxy) is 1. The van der Waals surface area contributed by atoms with Gasteiger partial charge in [-0.3, -0.25) is 0 Å². The van der Waals surface area contributed by atoms with E-state index in [4.69, 9.17) is 18.4 Å². The van der Waals surface area contributed by atoms with Crippen LogP contribution in [0.15, 0.2) is 176 Å². The number of pyridine rings is 1. The van der Waals surface area contributed by atoms with Crippen molar-refractivity contribution in [3.63, 3.8) is 0 Å². The number of aromatic nitrogens is 2. The molecule has 0 unspecified atom stereocenters. The fourth-order valence-corrected chi connectivity index (χ4v) is 9.70. The number of aryl methyl sites for hydroxylation is 2. The van der Waals surface area contributed by atoms with Gasteiger partial charge in [-0.15, -0.1) is 48.1 Å². The normalized spacial score (nSPS) is 15.1. The first kappa shape index (κ1) is 39.3. The molecule has 3 heterocycles. The predicted octanol–water partition coefficient (Wildman–Crippen LogP) is 18.5. The number of nitrogens with zero attached hydrogens (tertiary/aromatic N) is 4. The third-order valence-corrected chi connectivity index (χ3v) is 13.8. The van der Waals surface area contributed by atoms with E-state index >= 15 is 0 Å². The van der Waals surface area contributed by atoms with Crippen molar-refractivity contribution in [2.75, 3.05) is 9.80 Å². The molecule has 2 aromatic heterocycles. The Morgan fingerprint density at radius 3 is 1.89 bits per heavy atom. The average Bonchev–Trinajstić information content (AvgIpc) is 2.20. The molecular formula is C68H63N4OPt-3. The van der Waals surface area contributed by atoms with Gasteiger partial charge in [0, 0.05) is 80.7 Å². The largest absolute Gasteiger partial charge is 0.509 e. The van der Waals surface area contributed by atoms with Gasteiger partial charge in [-0.05, 0) is 116 Å². The van der Waals surface area contributed by atoms with Crippen molar-refractivity contribution >= 4 is 44.6 Å². The van der Waals surface area contributed by atoms with E-state index in [2.05, 4.69) is 157 Å². The topological polar surface area (TPSA) is 33.5 Å². The molecule has 0 saturated heterocycles. The van der Waals surface area contributed by atoms with Gasteiger partial charge in [-0.1, -0.05) is 177 Å². The zero-order chi connectivity index (χ0) is 59.5. The molecule has 1 aliphatic rings. The Morgan fingerprint density at radius 2 is 1.20 bits per heavy atom. The molecule has 374 valence electrons. The fraction of sp³-hybridized carbons (Fsp3) is 0.206. The molecule has 5 nitrogen and oxygen atoms in total. The summed E-state index contributed by atoms with van der Waals surface area (Å²) in [5.74, 6) is 0.738. The first-order chi connectivity index (χ1) is 39.0. The van der Waals surface area contributed by atoms with Crippen LogP contribution < -0.4 is 14.5 Å². The number of hydrogen-bond donors (Lipinski definition) is 0. The maximum Gasteiger partial charge on any atom is 0.135 e. The number of rotatable bonds is 8. The zero-order valence-electron chi connectivity index (χ0n) is 53.0. The van der Waals surface area contributed by atoms with Crippen molar-refractivity contribution in [2.45, 2.75) is 92.3 Å². The average molecular weight is 1160 g/mol. The van der Waals surface area contributed by atoms with Crippen LogP contribution in [0.3, 0.4) is 0 Å². The van der Waals surface area contributed by atoms with Gasteiger partial charge in [0.1, 0.15) is 5.82 Å². The molecule has 10 aromatic rings. The van der Waals surface area contributed by atoms with Gasteiger partial charge in [0.15, 0.2) is 0 Å².